The van der Waals surface area contributed by atoms with Crippen molar-refractivity contribution in [3.05, 3.63) is 29.3 Å². The van der Waals surface area contributed by atoms with E-state index < -0.39 is 0 Å². The average Bonchev–Trinajstić information content (AvgIpc) is 2.47. The van der Waals surface area contributed by atoms with Crippen molar-refractivity contribution in [2.75, 3.05) is 20.2 Å². The Hall–Kier alpha value is -2.02. The Kier molecular flexibility index (Phi) is 7.31. The van der Waals surface area contributed by atoms with Crippen LogP contribution in [0, 0.1) is 25.2 Å². The number of carbonyl (C=O) groups is 1. The van der Waals surface area contributed by atoms with Gasteiger partial charge >= 0.3 is 0 Å². The molecule has 1 aromatic carbocycles. The predicted molar refractivity (Wildman–Crippen MR) is 83.1 cm³/mol. The van der Waals surface area contributed by atoms with Crippen LogP contribution in [0.15, 0.2) is 18.2 Å². The molecule has 1 rings (SSSR count). The number of amides is 1. The van der Waals surface area contributed by atoms with Gasteiger partial charge in [0.1, 0.15) is 5.75 Å². The van der Waals surface area contributed by atoms with Gasteiger partial charge in [-0.3, -0.25) is 4.79 Å². The summed E-state index contributed by atoms with van der Waals surface area (Å²) >= 11 is 0. The topological polar surface area (TPSA) is 53.3 Å². The smallest absolute Gasteiger partial charge is 0.222 e. The second-order valence-electron chi connectivity index (χ2n) is 5.30. The molecule has 0 saturated carbocycles. The van der Waals surface area contributed by atoms with Gasteiger partial charge in [0, 0.05) is 20.0 Å². The summed E-state index contributed by atoms with van der Waals surface area (Å²) in [4.78, 5) is 13.4. The largest absolute Gasteiger partial charge is 0.493 e. The molecule has 4 heteroatoms. The van der Waals surface area contributed by atoms with Gasteiger partial charge in [-0.15, -0.1) is 0 Å². The molecule has 4 nitrogen and oxygen atoms in total. The molecule has 1 aromatic rings. The molecular weight excluding hydrogens is 264 g/mol. The molecule has 0 fully saturated rings. The zero-order chi connectivity index (χ0) is 15.7. The predicted octanol–water partition coefficient (Wildman–Crippen LogP) is 3.22. The van der Waals surface area contributed by atoms with Crippen LogP contribution in [0.1, 0.15) is 36.8 Å². The normalized spacial score (nSPS) is 10.0. The Balaban J connectivity index is 2.21. The SMILES string of the molecule is Cc1ccc(C)c(OCCCCC(=O)N(C)CCC#N)c1. The summed E-state index contributed by atoms with van der Waals surface area (Å²) in [6.45, 7) is 5.21. The van der Waals surface area contributed by atoms with Crippen LogP contribution in [0.25, 0.3) is 0 Å². The van der Waals surface area contributed by atoms with Crippen molar-refractivity contribution in [2.24, 2.45) is 0 Å². The monoisotopic (exact) mass is 288 g/mol. The molecule has 0 aromatic heterocycles. The fraction of sp³-hybridized carbons (Fsp3) is 0.529. The average molecular weight is 288 g/mol. The van der Waals surface area contributed by atoms with Gasteiger partial charge < -0.3 is 9.64 Å². The van der Waals surface area contributed by atoms with Crippen LogP contribution in [0.2, 0.25) is 0 Å². The van der Waals surface area contributed by atoms with Gasteiger partial charge in [0.05, 0.1) is 19.1 Å². The first-order valence-electron chi connectivity index (χ1n) is 7.35. The summed E-state index contributed by atoms with van der Waals surface area (Å²) in [5.74, 6) is 1.02. The van der Waals surface area contributed by atoms with Crippen molar-refractivity contribution >= 4 is 5.91 Å². The van der Waals surface area contributed by atoms with Crippen molar-refractivity contribution in [3.63, 3.8) is 0 Å². The van der Waals surface area contributed by atoms with E-state index in [0.717, 1.165) is 24.2 Å². The Morgan fingerprint density at radius 2 is 2.10 bits per heavy atom. The Labute approximate surface area is 127 Å². The van der Waals surface area contributed by atoms with Gasteiger partial charge in [0.15, 0.2) is 0 Å². The number of aryl methyl sites for hydroxylation is 2. The Morgan fingerprint density at radius 3 is 2.81 bits per heavy atom. The molecule has 0 heterocycles. The minimum absolute atomic E-state index is 0.0944. The van der Waals surface area contributed by atoms with E-state index in [1.165, 1.54) is 5.56 Å². The van der Waals surface area contributed by atoms with E-state index in [2.05, 4.69) is 12.1 Å². The van der Waals surface area contributed by atoms with Crippen LogP contribution in [-0.2, 0) is 4.79 Å². The summed E-state index contributed by atoms with van der Waals surface area (Å²) in [6.07, 6.45) is 2.56. The maximum Gasteiger partial charge on any atom is 0.222 e. The second kappa shape index (κ2) is 9.02. The number of hydrogen-bond acceptors (Lipinski definition) is 3. The van der Waals surface area contributed by atoms with E-state index in [4.69, 9.17) is 10.00 Å². The second-order valence-corrected chi connectivity index (χ2v) is 5.30. The maximum absolute atomic E-state index is 11.8. The number of unbranched alkanes of at least 4 members (excludes halogenated alkanes) is 1. The molecule has 0 unspecified atom stereocenters. The highest BCUT2D eigenvalue weighted by Gasteiger charge is 2.07. The zero-order valence-corrected chi connectivity index (χ0v) is 13.2. The van der Waals surface area contributed by atoms with Gasteiger partial charge in [-0.2, -0.15) is 5.26 Å². The third-order valence-corrected chi connectivity index (χ3v) is 3.37. The quantitative estimate of drug-likeness (QED) is 0.690. The van der Waals surface area contributed by atoms with E-state index in [1.807, 2.05) is 26.0 Å². The molecule has 0 aliphatic carbocycles. The minimum atomic E-state index is 0.0944. The summed E-state index contributed by atoms with van der Waals surface area (Å²) in [7, 11) is 1.74. The Bertz CT molecular complexity index is 506. The van der Waals surface area contributed by atoms with Crippen molar-refractivity contribution < 1.29 is 9.53 Å². The van der Waals surface area contributed by atoms with E-state index in [0.29, 0.717) is 26.0 Å². The first-order chi connectivity index (χ1) is 10.0. The molecule has 0 aliphatic rings. The highest BCUT2D eigenvalue weighted by Crippen LogP contribution is 2.19. The molecule has 1 amide bonds. The first kappa shape index (κ1) is 17.0. The minimum Gasteiger partial charge on any atom is -0.493 e. The third kappa shape index (κ3) is 6.31. The lowest BCUT2D eigenvalue weighted by Crippen LogP contribution is -2.27. The summed E-state index contributed by atoms with van der Waals surface area (Å²) in [6, 6.07) is 8.20. The number of nitrogens with zero attached hydrogens (tertiary/aromatic N) is 2. The maximum atomic E-state index is 11.8. The molecule has 0 atom stereocenters. The van der Waals surface area contributed by atoms with E-state index in [1.54, 1.807) is 11.9 Å². The number of nitriles is 1. The van der Waals surface area contributed by atoms with Gasteiger partial charge in [-0.25, -0.2) is 0 Å². The number of rotatable bonds is 8. The molecular formula is C17H24N2O2. The standard InChI is InChI=1S/C17H24N2O2/c1-14-8-9-15(2)16(13-14)21-12-5-4-7-17(20)19(3)11-6-10-18/h8-9,13H,4-7,11-12H2,1-3H3. The number of ether oxygens (including phenoxy) is 1. The summed E-state index contributed by atoms with van der Waals surface area (Å²) < 4.78 is 5.76. The van der Waals surface area contributed by atoms with Crippen LogP contribution in [-0.4, -0.2) is 31.0 Å². The molecule has 0 spiro atoms. The number of hydrogen-bond donors (Lipinski definition) is 0. The lowest BCUT2D eigenvalue weighted by atomic mass is 10.1. The van der Waals surface area contributed by atoms with E-state index >= 15 is 0 Å². The van der Waals surface area contributed by atoms with Crippen molar-refractivity contribution in [1.29, 1.82) is 5.26 Å². The van der Waals surface area contributed by atoms with Crippen molar-refractivity contribution in [3.8, 4) is 11.8 Å². The molecule has 0 saturated heterocycles. The van der Waals surface area contributed by atoms with Crippen LogP contribution in [0.5, 0.6) is 5.75 Å². The van der Waals surface area contributed by atoms with Crippen molar-refractivity contribution in [1.82, 2.24) is 4.90 Å². The summed E-state index contributed by atoms with van der Waals surface area (Å²) in [5.41, 5.74) is 2.32. The Morgan fingerprint density at radius 1 is 1.33 bits per heavy atom. The first-order valence-corrected chi connectivity index (χ1v) is 7.35. The molecule has 0 aliphatic heterocycles. The van der Waals surface area contributed by atoms with Crippen LogP contribution < -0.4 is 4.74 Å². The highest BCUT2D eigenvalue weighted by molar-refractivity contribution is 5.75. The van der Waals surface area contributed by atoms with Gasteiger partial charge in [0.25, 0.3) is 0 Å². The third-order valence-electron chi connectivity index (χ3n) is 3.37. The fourth-order valence-corrected chi connectivity index (χ4v) is 1.96. The number of benzene rings is 1. The lowest BCUT2D eigenvalue weighted by Gasteiger charge is -2.15. The molecule has 0 radical (unpaired) electrons. The molecule has 0 bridgehead atoms. The molecule has 114 valence electrons. The van der Waals surface area contributed by atoms with Crippen LogP contribution in [0.4, 0.5) is 0 Å². The van der Waals surface area contributed by atoms with Gasteiger partial charge in [-0.1, -0.05) is 12.1 Å². The van der Waals surface area contributed by atoms with Gasteiger partial charge in [0.2, 0.25) is 5.91 Å². The van der Waals surface area contributed by atoms with Crippen LogP contribution >= 0.6 is 0 Å². The van der Waals surface area contributed by atoms with E-state index in [-0.39, 0.29) is 5.91 Å². The molecule has 21 heavy (non-hydrogen) atoms. The van der Waals surface area contributed by atoms with Gasteiger partial charge in [-0.05, 0) is 43.9 Å². The summed E-state index contributed by atoms with van der Waals surface area (Å²) in [5, 5.41) is 8.49. The fourth-order valence-electron chi connectivity index (χ4n) is 1.96. The van der Waals surface area contributed by atoms with Crippen LogP contribution in [0.3, 0.4) is 0 Å². The zero-order valence-electron chi connectivity index (χ0n) is 13.2. The van der Waals surface area contributed by atoms with Crippen molar-refractivity contribution in [2.45, 2.75) is 39.5 Å². The number of carbonyl (C=O) groups excluding carboxylic acids is 1. The molecule has 0 N–H and O–H groups in total. The van der Waals surface area contributed by atoms with E-state index in [9.17, 15) is 4.79 Å². The highest BCUT2D eigenvalue weighted by atomic mass is 16.5. The lowest BCUT2D eigenvalue weighted by molar-refractivity contribution is -0.129.